The van der Waals surface area contributed by atoms with Crippen LogP contribution in [-0.2, 0) is 14.8 Å². The van der Waals surface area contributed by atoms with Crippen LogP contribution in [0.5, 0.6) is 0 Å². The summed E-state index contributed by atoms with van der Waals surface area (Å²) in [4.78, 5) is 17.0. The van der Waals surface area contributed by atoms with E-state index < -0.39 is 10.0 Å². The Bertz CT molecular complexity index is 1120. The third-order valence-corrected chi connectivity index (χ3v) is 8.82. The summed E-state index contributed by atoms with van der Waals surface area (Å²) >= 11 is 4.50. The average Bonchev–Trinajstić information content (AvgIpc) is 3.15. The Morgan fingerprint density at radius 2 is 1.93 bits per heavy atom. The van der Waals surface area contributed by atoms with E-state index in [4.69, 9.17) is 0 Å². The lowest BCUT2D eigenvalue weighted by molar-refractivity contribution is -0.120. The minimum Gasteiger partial charge on any atom is -0.324 e. The van der Waals surface area contributed by atoms with Crippen LogP contribution in [0.3, 0.4) is 0 Å². The first kappa shape index (κ1) is 19.5. The minimum atomic E-state index is -3.49. The molecule has 1 N–H and O–H groups in total. The highest BCUT2D eigenvalue weighted by Crippen LogP contribution is 2.31. The lowest BCUT2D eigenvalue weighted by Gasteiger charge is -2.30. The van der Waals surface area contributed by atoms with Crippen LogP contribution < -0.4 is 5.32 Å². The molecule has 146 valence electrons. The van der Waals surface area contributed by atoms with Crippen molar-refractivity contribution in [1.29, 1.82) is 0 Å². The molecule has 1 aliphatic rings. The highest BCUT2D eigenvalue weighted by Gasteiger charge is 2.32. The van der Waals surface area contributed by atoms with Gasteiger partial charge in [-0.15, -0.1) is 11.3 Å². The van der Waals surface area contributed by atoms with Gasteiger partial charge < -0.3 is 5.32 Å². The summed E-state index contributed by atoms with van der Waals surface area (Å²) in [6, 6.07) is 13.0. The van der Waals surface area contributed by atoms with Gasteiger partial charge in [-0.05, 0) is 53.0 Å². The number of piperidine rings is 1. The van der Waals surface area contributed by atoms with Gasteiger partial charge in [-0.3, -0.25) is 9.78 Å². The number of hydrogen-bond acceptors (Lipinski definition) is 5. The summed E-state index contributed by atoms with van der Waals surface area (Å²) in [5, 5.41) is 3.88. The van der Waals surface area contributed by atoms with Gasteiger partial charge in [-0.2, -0.15) is 4.31 Å². The predicted octanol–water partition coefficient (Wildman–Crippen LogP) is 4.10. The molecule has 0 atom stereocenters. The summed E-state index contributed by atoms with van der Waals surface area (Å²) in [5.74, 6) is -0.305. The smallest absolute Gasteiger partial charge is 0.252 e. The maximum absolute atomic E-state index is 12.7. The number of para-hydroxylation sites is 1. The molecule has 1 fully saturated rings. The van der Waals surface area contributed by atoms with E-state index in [-0.39, 0.29) is 11.8 Å². The van der Waals surface area contributed by atoms with E-state index in [2.05, 4.69) is 26.2 Å². The van der Waals surface area contributed by atoms with E-state index >= 15 is 0 Å². The molecule has 0 spiro atoms. The first-order valence-corrected chi connectivity index (χ1v) is 11.9. The molecular formula is C19H18BrN3O3S2. The van der Waals surface area contributed by atoms with Gasteiger partial charge in [0.25, 0.3) is 10.0 Å². The Balaban J connectivity index is 1.39. The van der Waals surface area contributed by atoms with Crippen molar-refractivity contribution in [3.63, 3.8) is 0 Å². The number of amides is 1. The van der Waals surface area contributed by atoms with E-state index in [1.807, 2.05) is 30.3 Å². The molecule has 0 aliphatic carbocycles. The Morgan fingerprint density at radius 3 is 2.64 bits per heavy atom. The van der Waals surface area contributed by atoms with Gasteiger partial charge >= 0.3 is 0 Å². The molecule has 0 unspecified atom stereocenters. The van der Waals surface area contributed by atoms with Crippen molar-refractivity contribution in [2.45, 2.75) is 17.1 Å². The Morgan fingerprint density at radius 1 is 1.18 bits per heavy atom. The van der Waals surface area contributed by atoms with Gasteiger partial charge in [0, 0.05) is 24.4 Å². The maximum atomic E-state index is 12.7. The number of fused-ring (bicyclic) bond motifs is 1. The molecule has 1 aromatic carbocycles. The second-order valence-corrected chi connectivity index (χ2v) is 11.3. The van der Waals surface area contributed by atoms with E-state index in [0.29, 0.717) is 35.8 Å². The van der Waals surface area contributed by atoms with Crippen LogP contribution in [-0.4, -0.2) is 36.7 Å². The minimum absolute atomic E-state index is 0.0898. The normalized spacial score (nSPS) is 16.3. The molecule has 1 saturated heterocycles. The van der Waals surface area contributed by atoms with E-state index in [1.54, 1.807) is 18.3 Å². The molecule has 9 heteroatoms. The van der Waals surface area contributed by atoms with Crippen LogP contribution in [0.1, 0.15) is 12.8 Å². The van der Waals surface area contributed by atoms with Gasteiger partial charge in [-0.25, -0.2) is 8.42 Å². The predicted molar refractivity (Wildman–Crippen MR) is 114 cm³/mol. The molecule has 0 saturated carbocycles. The maximum Gasteiger partial charge on any atom is 0.252 e. The molecule has 1 aliphatic heterocycles. The van der Waals surface area contributed by atoms with E-state index in [1.165, 1.54) is 15.6 Å². The van der Waals surface area contributed by atoms with Crippen LogP contribution in [0.25, 0.3) is 10.9 Å². The fraction of sp³-hybridized carbons (Fsp3) is 0.263. The lowest BCUT2D eigenvalue weighted by Crippen LogP contribution is -2.41. The number of nitrogens with one attached hydrogen (secondary N) is 1. The summed E-state index contributed by atoms with van der Waals surface area (Å²) < 4.78 is 28.0. The fourth-order valence-corrected chi connectivity index (χ4v) is 6.94. The lowest BCUT2D eigenvalue weighted by atomic mass is 9.97. The van der Waals surface area contributed by atoms with Crippen LogP contribution >= 0.6 is 27.3 Å². The number of anilines is 1. The number of halogens is 1. The SMILES string of the molecule is O=C(Nc1cnc2ccccc2c1)C1CCN(S(=O)(=O)c2ccc(Br)s2)CC1. The quantitative estimate of drug-likeness (QED) is 0.610. The second kappa shape index (κ2) is 7.90. The van der Waals surface area contributed by atoms with Crippen molar-refractivity contribution in [1.82, 2.24) is 9.29 Å². The van der Waals surface area contributed by atoms with Crippen molar-refractivity contribution < 1.29 is 13.2 Å². The first-order chi connectivity index (χ1) is 13.4. The van der Waals surface area contributed by atoms with Crippen molar-refractivity contribution in [2.24, 2.45) is 5.92 Å². The Kier molecular flexibility index (Phi) is 5.50. The zero-order valence-electron chi connectivity index (χ0n) is 14.8. The van der Waals surface area contributed by atoms with Gasteiger partial charge in [0.15, 0.2) is 0 Å². The summed E-state index contributed by atoms with van der Waals surface area (Å²) in [7, 11) is -3.49. The largest absolute Gasteiger partial charge is 0.324 e. The van der Waals surface area contributed by atoms with Gasteiger partial charge in [0.2, 0.25) is 5.91 Å². The molecule has 3 aromatic rings. The third-order valence-electron chi connectivity index (χ3n) is 4.83. The van der Waals surface area contributed by atoms with Gasteiger partial charge in [0.05, 0.1) is 21.2 Å². The van der Waals surface area contributed by atoms with Crippen LogP contribution in [0.15, 0.2) is 56.7 Å². The molecule has 6 nitrogen and oxygen atoms in total. The number of aromatic nitrogens is 1. The monoisotopic (exact) mass is 479 g/mol. The number of hydrogen-bond donors (Lipinski definition) is 1. The Labute approximate surface area is 175 Å². The molecule has 4 rings (SSSR count). The van der Waals surface area contributed by atoms with Crippen molar-refractivity contribution in [2.75, 3.05) is 18.4 Å². The van der Waals surface area contributed by atoms with Gasteiger partial charge in [0.1, 0.15) is 4.21 Å². The fourth-order valence-electron chi connectivity index (χ4n) is 3.31. The average molecular weight is 480 g/mol. The van der Waals surface area contributed by atoms with Gasteiger partial charge in [-0.1, -0.05) is 18.2 Å². The van der Waals surface area contributed by atoms with Crippen LogP contribution in [0, 0.1) is 5.92 Å². The molecule has 28 heavy (non-hydrogen) atoms. The topological polar surface area (TPSA) is 79.4 Å². The highest BCUT2D eigenvalue weighted by molar-refractivity contribution is 9.11. The Hall–Kier alpha value is -1.81. The number of carbonyl (C=O) groups is 1. The van der Waals surface area contributed by atoms with Crippen LogP contribution in [0.4, 0.5) is 5.69 Å². The number of thiophene rings is 1. The zero-order chi connectivity index (χ0) is 19.7. The standard InChI is InChI=1S/C19H18BrN3O3S2/c20-17-5-6-18(27-17)28(25,26)23-9-7-13(8-10-23)19(24)22-15-11-14-3-1-2-4-16(14)21-12-15/h1-6,11-13H,7-10H2,(H,22,24). The number of pyridine rings is 1. The van der Waals surface area contributed by atoms with E-state index in [9.17, 15) is 13.2 Å². The highest BCUT2D eigenvalue weighted by atomic mass is 79.9. The van der Waals surface area contributed by atoms with E-state index in [0.717, 1.165) is 14.7 Å². The zero-order valence-corrected chi connectivity index (χ0v) is 18.1. The number of rotatable bonds is 4. The molecule has 3 heterocycles. The molecule has 0 bridgehead atoms. The third kappa shape index (κ3) is 3.98. The molecule has 1 amide bonds. The summed E-state index contributed by atoms with van der Waals surface area (Å²) in [6.07, 6.45) is 2.64. The number of carbonyl (C=O) groups excluding carboxylic acids is 1. The number of sulfonamides is 1. The molecular weight excluding hydrogens is 462 g/mol. The second-order valence-electron chi connectivity index (χ2n) is 6.64. The van der Waals surface area contributed by atoms with Crippen molar-refractivity contribution in [3.05, 3.63) is 52.4 Å². The molecule has 0 radical (unpaired) electrons. The number of nitrogens with zero attached hydrogens (tertiary/aromatic N) is 2. The number of benzene rings is 1. The van der Waals surface area contributed by atoms with Crippen LogP contribution in [0.2, 0.25) is 0 Å². The van der Waals surface area contributed by atoms with Crippen molar-refractivity contribution in [3.8, 4) is 0 Å². The van der Waals surface area contributed by atoms with Crippen molar-refractivity contribution >= 4 is 59.8 Å². The summed E-state index contributed by atoms with van der Waals surface area (Å²) in [5.41, 5.74) is 1.53. The summed E-state index contributed by atoms with van der Waals surface area (Å²) in [6.45, 7) is 0.678. The molecule has 2 aromatic heterocycles. The first-order valence-electron chi connectivity index (χ1n) is 8.84.